The van der Waals surface area contributed by atoms with E-state index in [0.717, 1.165) is 37.1 Å². The molecule has 1 N–H and O–H groups in total. The van der Waals surface area contributed by atoms with Crippen LogP contribution in [-0.2, 0) is 9.53 Å². The molecule has 0 radical (unpaired) electrons. The van der Waals surface area contributed by atoms with E-state index in [4.69, 9.17) is 4.74 Å². The second-order valence-corrected chi connectivity index (χ2v) is 7.08. The minimum atomic E-state index is -2.70. The first kappa shape index (κ1) is 26.4. The Bertz CT molecular complexity index is 739. The van der Waals surface area contributed by atoms with Crippen LogP contribution in [0.3, 0.4) is 0 Å². The molecule has 0 heterocycles. The molecular formula is C23H35F2N3O3. The Labute approximate surface area is 184 Å². The quantitative estimate of drug-likeness (QED) is 0.234. The lowest BCUT2D eigenvalue weighted by atomic mass is 10.1. The number of alkyl halides is 2. The molecule has 0 bridgehead atoms. The Morgan fingerprint density at radius 1 is 1.29 bits per heavy atom. The van der Waals surface area contributed by atoms with E-state index in [1.807, 2.05) is 32.0 Å². The number of unbranched alkanes of at least 4 members (excludes halogenated alkanes) is 2. The molecule has 0 aliphatic heterocycles. The van der Waals surface area contributed by atoms with E-state index in [2.05, 4.69) is 22.0 Å². The Morgan fingerprint density at radius 3 is 2.61 bits per heavy atom. The van der Waals surface area contributed by atoms with E-state index in [1.165, 1.54) is 11.9 Å². The van der Waals surface area contributed by atoms with E-state index in [9.17, 15) is 13.6 Å². The van der Waals surface area contributed by atoms with Crippen molar-refractivity contribution in [2.24, 2.45) is 4.99 Å². The summed E-state index contributed by atoms with van der Waals surface area (Å²) >= 11 is 0. The van der Waals surface area contributed by atoms with Crippen LogP contribution >= 0.6 is 0 Å². The zero-order valence-electron chi connectivity index (χ0n) is 19.2. The second kappa shape index (κ2) is 14.4. The van der Waals surface area contributed by atoms with Gasteiger partial charge in [0.15, 0.2) is 0 Å². The lowest BCUT2D eigenvalue weighted by molar-refractivity contribution is -0.131. The first-order valence-corrected chi connectivity index (χ1v) is 10.7. The smallest absolute Gasteiger partial charge is 0.293 e. The summed E-state index contributed by atoms with van der Waals surface area (Å²) in [5.41, 5.74) is 2.37. The van der Waals surface area contributed by atoms with E-state index < -0.39 is 19.1 Å². The van der Waals surface area contributed by atoms with Crippen molar-refractivity contribution in [1.82, 2.24) is 4.90 Å². The van der Waals surface area contributed by atoms with Gasteiger partial charge in [0.05, 0.1) is 12.3 Å². The third kappa shape index (κ3) is 8.55. The molecule has 0 amide bonds. The summed E-state index contributed by atoms with van der Waals surface area (Å²) in [7, 11) is 1.51. The molecule has 0 spiro atoms. The molecule has 0 aliphatic rings. The van der Waals surface area contributed by atoms with Crippen molar-refractivity contribution < 1.29 is 23.0 Å². The van der Waals surface area contributed by atoms with Crippen molar-refractivity contribution in [3.8, 4) is 5.75 Å². The summed E-state index contributed by atoms with van der Waals surface area (Å²) in [5.74, 6) is 1.05. The number of nitrogens with zero attached hydrogens (tertiary/aromatic N) is 2. The van der Waals surface area contributed by atoms with Crippen LogP contribution in [0.5, 0.6) is 5.75 Å². The van der Waals surface area contributed by atoms with Crippen molar-refractivity contribution >= 4 is 17.9 Å². The molecule has 1 aromatic rings. The molecule has 0 aromatic heterocycles. The van der Waals surface area contributed by atoms with Crippen LogP contribution in [0.25, 0.3) is 0 Å². The molecule has 31 heavy (non-hydrogen) atoms. The van der Waals surface area contributed by atoms with E-state index in [1.54, 1.807) is 13.0 Å². The lowest BCUT2D eigenvalue weighted by Crippen LogP contribution is -2.40. The number of likely N-dealkylation sites (N-methyl/N-ethyl adjacent to an activating group) is 1. The fraction of sp³-hybridized carbons (Fsp3) is 0.565. The molecule has 0 fully saturated rings. The van der Waals surface area contributed by atoms with Gasteiger partial charge in [0.2, 0.25) is 0 Å². The summed E-state index contributed by atoms with van der Waals surface area (Å²) in [6.45, 7) is 8.82. The van der Waals surface area contributed by atoms with Crippen LogP contribution in [0, 0.1) is 0 Å². The molecule has 0 saturated carbocycles. The molecule has 1 rings (SSSR count). The zero-order chi connectivity index (χ0) is 23.2. The van der Waals surface area contributed by atoms with Crippen LogP contribution in [0.1, 0.15) is 52.5 Å². The predicted molar refractivity (Wildman–Crippen MR) is 121 cm³/mol. The first-order valence-electron chi connectivity index (χ1n) is 10.7. The lowest BCUT2D eigenvalue weighted by Gasteiger charge is -2.28. The fourth-order valence-corrected chi connectivity index (χ4v) is 3.03. The highest BCUT2D eigenvalue weighted by atomic mass is 19.3. The van der Waals surface area contributed by atoms with Crippen molar-refractivity contribution in [3.05, 3.63) is 35.7 Å². The molecule has 174 valence electrons. The zero-order valence-corrected chi connectivity index (χ0v) is 19.2. The maximum Gasteiger partial charge on any atom is 0.293 e. The van der Waals surface area contributed by atoms with Crippen molar-refractivity contribution in [2.75, 3.05) is 32.1 Å². The number of hydrogen-bond donors (Lipinski definition) is 1. The molecule has 6 nitrogen and oxygen atoms in total. The van der Waals surface area contributed by atoms with Gasteiger partial charge in [-0.15, -0.1) is 0 Å². The van der Waals surface area contributed by atoms with Gasteiger partial charge in [0.25, 0.3) is 12.9 Å². The van der Waals surface area contributed by atoms with Gasteiger partial charge in [-0.2, -0.15) is 0 Å². The molecule has 0 aliphatic carbocycles. The predicted octanol–water partition coefficient (Wildman–Crippen LogP) is 5.10. The monoisotopic (exact) mass is 439 g/mol. The van der Waals surface area contributed by atoms with Gasteiger partial charge in [0, 0.05) is 30.9 Å². The number of aliphatic imine (C=N–C) groups is 1. The number of anilines is 1. The molecule has 1 unspecified atom stereocenters. The summed E-state index contributed by atoms with van der Waals surface area (Å²) in [4.78, 5) is 16.4. The van der Waals surface area contributed by atoms with Crippen LogP contribution in [0.15, 0.2) is 35.1 Å². The van der Waals surface area contributed by atoms with E-state index >= 15 is 0 Å². The molecular weight excluding hydrogens is 404 g/mol. The van der Waals surface area contributed by atoms with Gasteiger partial charge >= 0.3 is 0 Å². The molecule has 1 atom stereocenters. The third-order valence-electron chi connectivity index (χ3n) is 4.78. The van der Waals surface area contributed by atoms with Gasteiger partial charge in [0.1, 0.15) is 24.2 Å². The van der Waals surface area contributed by atoms with Gasteiger partial charge in [-0.25, -0.2) is 13.8 Å². The number of nitrogens with one attached hydrogen (secondary N) is 1. The van der Waals surface area contributed by atoms with Crippen molar-refractivity contribution in [3.63, 3.8) is 0 Å². The van der Waals surface area contributed by atoms with Crippen molar-refractivity contribution in [2.45, 2.75) is 59.4 Å². The highest BCUT2D eigenvalue weighted by Crippen LogP contribution is 2.26. The topological polar surface area (TPSA) is 63.2 Å². The Balaban J connectivity index is 3.18. The van der Waals surface area contributed by atoms with Crippen LogP contribution < -0.4 is 10.1 Å². The maximum atomic E-state index is 13.5. The first-order chi connectivity index (χ1) is 14.9. The normalized spacial score (nSPS) is 13.2. The summed E-state index contributed by atoms with van der Waals surface area (Å²) in [6, 6.07) is 4.49. The van der Waals surface area contributed by atoms with Gasteiger partial charge in [-0.05, 0) is 45.4 Å². The van der Waals surface area contributed by atoms with E-state index in [0.29, 0.717) is 23.9 Å². The van der Waals surface area contributed by atoms with E-state index in [-0.39, 0.29) is 6.47 Å². The van der Waals surface area contributed by atoms with Crippen LogP contribution in [0.2, 0.25) is 0 Å². The minimum Gasteiger partial charge on any atom is -0.493 e. The van der Waals surface area contributed by atoms with Crippen LogP contribution in [-0.4, -0.2) is 56.4 Å². The maximum absolute atomic E-state index is 13.5. The number of carbonyl (C=O) groups excluding carboxylic acids is 1. The summed E-state index contributed by atoms with van der Waals surface area (Å²) < 4.78 is 37.6. The fourth-order valence-electron chi connectivity index (χ4n) is 3.03. The van der Waals surface area contributed by atoms with Gasteiger partial charge < -0.3 is 19.7 Å². The van der Waals surface area contributed by atoms with Crippen LogP contribution in [0.4, 0.5) is 14.5 Å². The SMILES string of the molecule is C/C=C(\N=C(/C)c1ccc(NCC)cc1OCCCCC)N(C)C(COC=O)C(F)F. The standard InChI is InChI=1S/C23H35F2N3O3/c1-6-9-10-13-31-21-14-18(26-8-3)11-12-19(21)17(4)27-22(7-2)28(5)20(23(24)25)15-30-16-29/h7,11-12,14,16,20,23,26H,6,8-10,13,15H2,1-5H3/b22-7+,27-17+. The largest absolute Gasteiger partial charge is 0.493 e. The average molecular weight is 440 g/mol. The highest BCUT2D eigenvalue weighted by Gasteiger charge is 2.27. The number of benzene rings is 1. The second-order valence-electron chi connectivity index (χ2n) is 7.08. The molecule has 1 aromatic carbocycles. The average Bonchev–Trinajstić information content (AvgIpc) is 2.75. The number of carbonyl (C=O) groups is 1. The summed E-state index contributed by atoms with van der Waals surface area (Å²) in [5, 5.41) is 3.27. The Hall–Kier alpha value is -2.64. The number of rotatable bonds is 15. The highest BCUT2D eigenvalue weighted by molar-refractivity contribution is 6.02. The third-order valence-corrected chi connectivity index (χ3v) is 4.78. The number of halogens is 2. The Morgan fingerprint density at radius 2 is 2.03 bits per heavy atom. The van der Waals surface area contributed by atoms with Crippen molar-refractivity contribution in [1.29, 1.82) is 0 Å². The number of allylic oxidation sites excluding steroid dienone is 1. The number of hydrogen-bond acceptors (Lipinski definition) is 6. The van der Waals surface area contributed by atoms with Gasteiger partial charge in [-0.1, -0.05) is 19.8 Å². The minimum absolute atomic E-state index is 0.168. The molecule has 0 saturated heterocycles. The Kier molecular flexibility index (Phi) is 12.2. The van der Waals surface area contributed by atoms with Gasteiger partial charge in [-0.3, -0.25) is 4.79 Å². The number of ether oxygens (including phenoxy) is 2. The molecule has 8 heteroatoms. The summed E-state index contributed by atoms with van der Waals surface area (Å²) in [6.07, 6.45) is 2.08.